The molecule has 0 aliphatic heterocycles. The summed E-state index contributed by atoms with van der Waals surface area (Å²) in [5, 5.41) is 2.37. The van der Waals surface area contributed by atoms with Crippen LogP contribution in [0.3, 0.4) is 0 Å². The fourth-order valence-corrected chi connectivity index (χ4v) is 4.18. The summed E-state index contributed by atoms with van der Waals surface area (Å²) >= 11 is 0. The summed E-state index contributed by atoms with van der Waals surface area (Å²) in [5.74, 6) is -0.237. The first kappa shape index (κ1) is 16.1. The van der Waals surface area contributed by atoms with Crippen LogP contribution in [0.25, 0.3) is 44.3 Å². The van der Waals surface area contributed by atoms with Gasteiger partial charge in [-0.1, -0.05) is 36.4 Å². The van der Waals surface area contributed by atoms with E-state index in [1.54, 1.807) is 0 Å². The van der Waals surface area contributed by atoms with Gasteiger partial charge in [-0.3, -0.25) is 0 Å². The Hall–Kier alpha value is -3.92. The highest BCUT2D eigenvalue weighted by Crippen LogP contribution is 2.33. The van der Waals surface area contributed by atoms with Gasteiger partial charge in [0, 0.05) is 21.9 Å². The van der Waals surface area contributed by atoms with Gasteiger partial charge in [0.05, 0.1) is 11.7 Å². The van der Waals surface area contributed by atoms with Gasteiger partial charge < -0.3 is 4.98 Å². The molecule has 29 heavy (non-hydrogen) atoms. The first-order valence-corrected chi connectivity index (χ1v) is 9.57. The van der Waals surface area contributed by atoms with E-state index in [1.807, 2.05) is 36.4 Å². The minimum Gasteiger partial charge on any atom is -0.351 e. The van der Waals surface area contributed by atoms with Crippen molar-refractivity contribution in [1.29, 1.82) is 0 Å². The average Bonchev–Trinajstić information content (AvgIpc) is 3.33. The van der Waals surface area contributed by atoms with Crippen molar-refractivity contribution in [3.63, 3.8) is 0 Å². The number of pyridine rings is 1. The standard InChI is InChI=1S/C25H17FN3/c26-18-12-10-17(11-13-18)24-25-23-21(20-8-4-5-9-22(20)27-23)14-15-28(25)16-29(24)19-6-2-1-3-7-19/h1-16,27H/q+1. The van der Waals surface area contributed by atoms with E-state index in [2.05, 4.69) is 62.9 Å². The third-order valence-corrected chi connectivity index (χ3v) is 5.50. The Labute approximate surface area is 166 Å². The van der Waals surface area contributed by atoms with Crippen LogP contribution >= 0.6 is 0 Å². The summed E-state index contributed by atoms with van der Waals surface area (Å²) in [6.45, 7) is 0. The zero-order chi connectivity index (χ0) is 19.4. The molecule has 0 fully saturated rings. The molecule has 6 aromatic rings. The molecule has 0 aliphatic carbocycles. The first-order chi connectivity index (χ1) is 14.3. The molecule has 0 saturated heterocycles. The Morgan fingerprint density at radius 3 is 2.34 bits per heavy atom. The van der Waals surface area contributed by atoms with Crippen LogP contribution in [-0.4, -0.2) is 9.55 Å². The van der Waals surface area contributed by atoms with Gasteiger partial charge in [-0.2, -0.15) is 8.97 Å². The number of hydrogen-bond acceptors (Lipinski definition) is 0. The van der Waals surface area contributed by atoms with Crippen molar-refractivity contribution in [3.8, 4) is 16.9 Å². The molecule has 0 radical (unpaired) electrons. The number of aromatic nitrogens is 3. The van der Waals surface area contributed by atoms with Crippen molar-refractivity contribution in [2.24, 2.45) is 0 Å². The van der Waals surface area contributed by atoms with Crippen molar-refractivity contribution in [3.05, 3.63) is 103 Å². The van der Waals surface area contributed by atoms with Gasteiger partial charge in [0.25, 0.3) is 6.33 Å². The number of nitrogens with zero attached hydrogens (tertiary/aromatic N) is 2. The number of halogens is 1. The molecule has 0 unspecified atom stereocenters. The van der Waals surface area contributed by atoms with E-state index in [4.69, 9.17) is 0 Å². The minimum absolute atomic E-state index is 0.237. The lowest BCUT2D eigenvalue weighted by atomic mass is 10.1. The number of rotatable bonds is 2. The highest BCUT2D eigenvalue weighted by molar-refractivity contribution is 6.13. The lowest BCUT2D eigenvalue weighted by Crippen LogP contribution is -2.17. The van der Waals surface area contributed by atoms with Crippen LogP contribution in [0.4, 0.5) is 4.39 Å². The number of fused-ring (bicyclic) bond motifs is 5. The summed E-state index contributed by atoms with van der Waals surface area (Å²) in [6, 6.07) is 27.4. The van der Waals surface area contributed by atoms with Crippen LogP contribution in [-0.2, 0) is 0 Å². The molecule has 1 N–H and O–H groups in total. The van der Waals surface area contributed by atoms with Crippen LogP contribution < -0.4 is 4.40 Å². The zero-order valence-corrected chi connectivity index (χ0v) is 15.5. The molecule has 3 heterocycles. The summed E-state index contributed by atoms with van der Waals surface area (Å²) in [6.07, 6.45) is 4.17. The van der Waals surface area contributed by atoms with Gasteiger partial charge in [0.1, 0.15) is 11.5 Å². The number of aromatic amines is 1. The average molecular weight is 378 g/mol. The number of imidazole rings is 1. The van der Waals surface area contributed by atoms with Crippen LogP contribution in [0.1, 0.15) is 0 Å². The van der Waals surface area contributed by atoms with Crippen molar-refractivity contribution in [2.75, 3.05) is 0 Å². The smallest absolute Gasteiger partial charge is 0.254 e. The Kier molecular flexibility index (Phi) is 3.35. The predicted octanol–water partition coefficient (Wildman–Crippen LogP) is 5.66. The second-order valence-corrected chi connectivity index (χ2v) is 7.21. The molecule has 0 amide bonds. The van der Waals surface area contributed by atoms with E-state index in [9.17, 15) is 4.39 Å². The molecule has 138 valence electrons. The molecular weight excluding hydrogens is 361 g/mol. The molecule has 0 aliphatic rings. The molecule has 0 spiro atoms. The number of para-hydroxylation sites is 2. The van der Waals surface area contributed by atoms with Crippen LogP contribution in [0.5, 0.6) is 0 Å². The Morgan fingerprint density at radius 1 is 0.759 bits per heavy atom. The van der Waals surface area contributed by atoms with Gasteiger partial charge in [0.15, 0.2) is 5.69 Å². The van der Waals surface area contributed by atoms with Gasteiger partial charge in [-0.15, -0.1) is 0 Å². The largest absolute Gasteiger partial charge is 0.351 e. The van der Waals surface area contributed by atoms with Gasteiger partial charge in [-0.05, 0) is 48.5 Å². The van der Waals surface area contributed by atoms with E-state index in [-0.39, 0.29) is 5.82 Å². The third-order valence-electron chi connectivity index (χ3n) is 5.50. The van der Waals surface area contributed by atoms with Crippen molar-refractivity contribution in [2.45, 2.75) is 0 Å². The predicted molar refractivity (Wildman–Crippen MR) is 114 cm³/mol. The quantitative estimate of drug-likeness (QED) is 0.376. The number of nitrogens with one attached hydrogen (secondary N) is 1. The maximum atomic E-state index is 13.6. The maximum absolute atomic E-state index is 13.6. The number of benzene rings is 3. The topological polar surface area (TPSA) is 24.8 Å². The zero-order valence-electron chi connectivity index (χ0n) is 15.5. The van der Waals surface area contributed by atoms with E-state index >= 15 is 0 Å². The molecular formula is C25H17FN3+. The lowest BCUT2D eigenvalue weighted by Gasteiger charge is -2.03. The molecule has 3 aromatic carbocycles. The van der Waals surface area contributed by atoms with Gasteiger partial charge in [0.2, 0.25) is 5.52 Å². The lowest BCUT2D eigenvalue weighted by molar-refractivity contribution is -0.510. The summed E-state index contributed by atoms with van der Waals surface area (Å²) < 4.78 is 17.9. The fraction of sp³-hybridized carbons (Fsp3) is 0. The van der Waals surface area contributed by atoms with E-state index in [1.165, 1.54) is 22.9 Å². The molecule has 0 atom stereocenters. The second kappa shape index (κ2) is 6.04. The van der Waals surface area contributed by atoms with Crippen LogP contribution in [0, 0.1) is 5.82 Å². The van der Waals surface area contributed by atoms with E-state index in [0.717, 1.165) is 33.5 Å². The van der Waals surface area contributed by atoms with E-state index < -0.39 is 0 Å². The second-order valence-electron chi connectivity index (χ2n) is 7.21. The summed E-state index contributed by atoms with van der Waals surface area (Å²) in [4.78, 5) is 3.60. The Balaban J connectivity index is 1.79. The van der Waals surface area contributed by atoms with Crippen molar-refractivity contribution < 1.29 is 8.79 Å². The van der Waals surface area contributed by atoms with E-state index in [0.29, 0.717) is 0 Å². The first-order valence-electron chi connectivity index (χ1n) is 9.57. The van der Waals surface area contributed by atoms with Crippen LogP contribution in [0.2, 0.25) is 0 Å². The molecule has 0 bridgehead atoms. The molecule has 3 aromatic heterocycles. The van der Waals surface area contributed by atoms with Crippen molar-refractivity contribution >= 4 is 27.3 Å². The maximum Gasteiger partial charge on any atom is 0.254 e. The third kappa shape index (κ3) is 2.39. The minimum atomic E-state index is -0.237. The normalized spacial score (nSPS) is 11.6. The fourth-order valence-electron chi connectivity index (χ4n) is 4.18. The highest BCUT2D eigenvalue weighted by Gasteiger charge is 2.24. The summed E-state index contributed by atoms with van der Waals surface area (Å²) in [7, 11) is 0. The molecule has 3 nitrogen and oxygen atoms in total. The number of hydrogen-bond donors (Lipinski definition) is 1. The number of H-pyrrole nitrogens is 1. The monoisotopic (exact) mass is 378 g/mol. The van der Waals surface area contributed by atoms with Gasteiger partial charge >= 0.3 is 0 Å². The highest BCUT2D eigenvalue weighted by atomic mass is 19.1. The van der Waals surface area contributed by atoms with Crippen molar-refractivity contribution in [1.82, 2.24) is 9.55 Å². The molecule has 4 heteroatoms. The molecule has 6 rings (SSSR count). The summed E-state index contributed by atoms with van der Waals surface area (Å²) in [5.41, 5.74) is 6.28. The Bertz CT molecular complexity index is 1490. The Morgan fingerprint density at radius 2 is 1.52 bits per heavy atom. The van der Waals surface area contributed by atoms with Crippen LogP contribution in [0.15, 0.2) is 97.5 Å². The molecule has 0 saturated carbocycles. The SMILES string of the molecule is Fc1ccc(-c2c3c4[nH]c5ccccc5c4cc[n+]3cn2-c2ccccc2)cc1. The van der Waals surface area contributed by atoms with Gasteiger partial charge in [-0.25, -0.2) is 4.39 Å².